The molecular formula is C26H31N3O2. The van der Waals surface area contributed by atoms with Crippen molar-refractivity contribution in [1.29, 1.82) is 0 Å². The van der Waals surface area contributed by atoms with Crippen molar-refractivity contribution in [2.24, 2.45) is 23.5 Å². The molecule has 0 unspecified atom stereocenters. The molecule has 0 spiro atoms. The fourth-order valence-electron chi connectivity index (χ4n) is 6.62. The third-order valence-electron chi connectivity index (χ3n) is 7.47. The van der Waals surface area contributed by atoms with Crippen LogP contribution in [0.3, 0.4) is 0 Å². The number of benzene rings is 2. The minimum absolute atomic E-state index is 0.0252. The minimum atomic E-state index is -0.179. The van der Waals surface area contributed by atoms with Crippen LogP contribution >= 0.6 is 0 Å². The highest BCUT2D eigenvalue weighted by Crippen LogP contribution is 2.55. The lowest BCUT2D eigenvalue weighted by atomic mass is 9.53. The van der Waals surface area contributed by atoms with E-state index in [2.05, 4.69) is 5.32 Å². The maximum Gasteiger partial charge on any atom is 0.258 e. The van der Waals surface area contributed by atoms with E-state index < -0.39 is 0 Å². The van der Waals surface area contributed by atoms with Crippen LogP contribution in [-0.4, -0.2) is 23.9 Å². The van der Waals surface area contributed by atoms with Crippen LogP contribution < -0.4 is 16.0 Å². The molecule has 2 aromatic carbocycles. The summed E-state index contributed by atoms with van der Waals surface area (Å²) >= 11 is 0. The van der Waals surface area contributed by atoms with Gasteiger partial charge in [0.25, 0.3) is 5.91 Å². The van der Waals surface area contributed by atoms with Gasteiger partial charge >= 0.3 is 0 Å². The van der Waals surface area contributed by atoms with Crippen LogP contribution in [0.1, 0.15) is 54.4 Å². The average Bonchev–Trinajstić information content (AvgIpc) is 2.76. The van der Waals surface area contributed by atoms with Gasteiger partial charge in [-0.1, -0.05) is 30.3 Å². The first kappa shape index (κ1) is 20.3. The molecule has 5 heteroatoms. The summed E-state index contributed by atoms with van der Waals surface area (Å²) in [5.74, 6) is 2.04. The van der Waals surface area contributed by atoms with Crippen LogP contribution in [0, 0.1) is 17.8 Å². The van der Waals surface area contributed by atoms with Gasteiger partial charge in [0.1, 0.15) is 6.54 Å². The third kappa shape index (κ3) is 4.11. The van der Waals surface area contributed by atoms with Gasteiger partial charge in [-0.25, -0.2) is 0 Å². The molecule has 162 valence electrons. The molecule has 31 heavy (non-hydrogen) atoms. The number of hydrogen-bond acceptors (Lipinski definition) is 3. The second-order valence-electron chi connectivity index (χ2n) is 9.88. The zero-order chi connectivity index (χ0) is 21.4. The number of carbonyl (C=O) groups excluding carboxylic acids is 2. The molecule has 6 rings (SSSR count). The van der Waals surface area contributed by atoms with E-state index in [4.69, 9.17) is 5.73 Å². The molecule has 2 amide bonds. The van der Waals surface area contributed by atoms with E-state index in [-0.39, 0.29) is 23.9 Å². The van der Waals surface area contributed by atoms with Crippen molar-refractivity contribution in [3.8, 4) is 0 Å². The van der Waals surface area contributed by atoms with Gasteiger partial charge in [0, 0.05) is 23.3 Å². The highest BCUT2D eigenvalue weighted by molar-refractivity contribution is 6.08. The molecule has 4 aliphatic rings. The first-order chi connectivity index (χ1) is 15.0. The number of amides is 2. The van der Waals surface area contributed by atoms with Gasteiger partial charge in [0.2, 0.25) is 5.91 Å². The van der Waals surface area contributed by atoms with Crippen molar-refractivity contribution in [2.45, 2.75) is 50.6 Å². The van der Waals surface area contributed by atoms with Gasteiger partial charge in [-0.15, -0.1) is 0 Å². The molecule has 4 fully saturated rings. The zero-order valence-electron chi connectivity index (χ0n) is 17.9. The summed E-state index contributed by atoms with van der Waals surface area (Å²) in [6, 6.07) is 16.8. The van der Waals surface area contributed by atoms with Gasteiger partial charge in [-0.2, -0.15) is 0 Å². The summed E-state index contributed by atoms with van der Waals surface area (Å²) in [6.07, 6.45) is 7.30. The summed E-state index contributed by atoms with van der Waals surface area (Å²) in [7, 11) is 0. The molecule has 0 radical (unpaired) electrons. The molecule has 0 atom stereocenters. The van der Waals surface area contributed by atoms with Crippen molar-refractivity contribution in [2.75, 3.05) is 11.4 Å². The molecule has 0 aromatic heterocycles. The van der Waals surface area contributed by atoms with Gasteiger partial charge in [-0.05, 0) is 86.1 Å². The van der Waals surface area contributed by atoms with Crippen molar-refractivity contribution in [3.63, 3.8) is 0 Å². The molecule has 4 aliphatic carbocycles. The standard InChI is InChI=1S/C26H31N3O2/c27-16-18-5-4-6-22(12-18)25(31)29(23-7-2-1-3-8-23)17-24(30)28-26-13-19-9-20(14-26)11-21(10-19)15-26/h1-8,12,19-21H,9-11,13-17,27H2,(H,28,30). The van der Waals surface area contributed by atoms with Crippen LogP contribution in [0.5, 0.6) is 0 Å². The predicted molar refractivity (Wildman–Crippen MR) is 121 cm³/mol. The summed E-state index contributed by atoms with van der Waals surface area (Å²) in [4.78, 5) is 28.3. The van der Waals surface area contributed by atoms with E-state index >= 15 is 0 Å². The van der Waals surface area contributed by atoms with Crippen molar-refractivity contribution >= 4 is 17.5 Å². The number of nitrogens with one attached hydrogen (secondary N) is 1. The Kier molecular flexibility index (Phi) is 5.30. The van der Waals surface area contributed by atoms with Crippen LogP contribution in [-0.2, 0) is 11.3 Å². The molecule has 2 aromatic rings. The summed E-state index contributed by atoms with van der Waals surface area (Å²) < 4.78 is 0. The Morgan fingerprint density at radius 3 is 2.19 bits per heavy atom. The highest BCUT2D eigenvalue weighted by atomic mass is 16.2. The fourth-order valence-corrected chi connectivity index (χ4v) is 6.62. The first-order valence-corrected chi connectivity index (χ1v) is 11.5. The Morgan fingerprint density at radius 1 is 0.935 bits per heavy atom. The number of nitrogens with two attached hydrogens (primary N) is 1. The van der Waals surface area contributed by atoms with Gasteiger partial charge in [-0.3, -0.25) is 14.5 Å². The topological polar surface area (TPSA) is 75.4 Å². The van der Waals surface area contributed by atoms with Gasteiger partial charge in [0.05, 0.1) is 0 Å². The molecule has 0 heterocycles. The number of rotatable bonds is 6. The number of hydrogen-bond donors (Lipinski definition) is 2. The van der Waals surface area contributed by atoms with E-state index in [1.165, 1.54) is 19.3 Å². The first-order valence-electron chi connectivity index (χ1n) is 11.5. The molecule has 5 nitrogen and oxygen atoms in total. The second-order valence-corrected chi connectivity index (χ2v) is 9.88. The Morgan fingerprint density at radius 2 is 1.58 bits per heavy atom. The Balaban J connectivity index is 1.36. The maximum atomic E-state index is 13.4. The number of carbonyl (C=O) groups is 2. The van der Waals surface area contributed by atoms with Crippen LogP contribution in [0.15, 0.2) is 54.6 Å². The average molecular weight is 418 g/mol. The van der Waals surface area contributed by atoms with E-state index in [9.17, 15) is 9.59 Å². The van der Waals surface area contributed by atoms with E-state index in [0.29, 0.717) is 12.1 Å². The lowest BCUT2D eigenvalue weighted by Crippen LogP contribution is -2.61. The summed E-state index contributed by atoms with van der Waals surface area (Å²) in [5.41, 5.74) is 7.88. The smallest absolute Gasteiger partial charge is 0.258 e. The Bertz CT molecular complexity index is 936. The van der Waals surface area contributed by atoms with Crippen LogP contribution in [0.25, 0.3) is 0 Å². The molecule has 0 saturated heterocycles. The molecule has 3 N–H and O–H groups in total. The fraction of sp³-hybridized carbons (Fsp3) is 0.462. The Labute approximate surface area is 184 Å². The minimum Gasteiger partial charge on any atom is -0.349 e. The van der Waals surface area contributed by atoms with Gasteiger partial charge < -0.3 is 11.1 Å². The van der Waals surface area contributed by atoms with Crippen molar-refractivity contribution in [1.82, 2.24) is 5.32 Å². The van der Waals surface area contributed by atoms with E-state index in [1.54, 1.807) is 11.0 Å². The normalized spacial score (nSPS) is 28.4. The van der Waals surface area contributed by atoms with Crippen molar-refractivity contribution < 1.29 is 9.59 Å². The van der Waals surface area contributed by atoms with Crippen LogP contribution in [0.2, 0.25) is 0 Å². The predicted octanol–water partition coefficient (Wildman–Crippen LogP) is 3.88. The molecule has 4 bridgehead atoms. The third-order valence-corrected chi connectivity index (χ3v) is 7.47. The molecular weight excluding hydrogens is 386 g/mol. The zero-order valence-corrected chi connectivity index (χ0v) is 17.9. The summed E-state index contributed by atoms with van der Waals surface area (Å²) in [5, 5.41) is 3.40. The lowest BCUT2D eigenvalue weighted by molar-refractivity contribution is -0.125. The lowest BCUT2D eigenvalue weighted by Gasteiger charge is -2.57. The monoisotopic (exact) mass is 417 g/mol. The summed E-state index contributed by atoms with van der Waals surface area (Å²) in [6.45, 7) is 0.399. The van der Waals surface area contributed by atoms with Gasteiger partial charge in [0.15, 0.2) is 0 Å². The van der Waals surface area contributed by atoms with Crippen LogP contribution in [0.4, 0.5) is 5.69 Å². The highest BCUT2D eigenvalue weighted by Gasteiger charge is 2.51. The van der Waals surface area contributed by atoms with E-state index in [1.807, 2.05) is 48.5 Å². The van der Waals surface area contributed by atoms with Crippen molar-refractivity contribution in [3.05, 3.63) is 65.7 Å². The quantitative estimate of drug-likeness (QED) is 0.749. The largest absolute Gasteiger partial charge is 0.349 e. The number of nitrogens with zero attached hydrogens (tertiary/aromatic N) is 1. The number of para-hydroxylation sites is 1. The molecule has 0 aliphatic heterocycles. The SMILES string of the molecule is NCc1cccc(C(=O)N(CC(=O)NC23CC4CC(CC(C4)C2)C3)c2ccccc2)c1. The van der Waals surface area contributed by atoms with E-state index in [0.717, 1.165) is 48.3 Å². The maximum absolute atomic E-state index is 13.4. The number of anilines is 1. The molecule has 4 saturated carbocycles. The Hall–Kier alpha value is -2.66. The second kappa shape index (κ2) is 8.12.